The van der Waals surface area contributed by atoms with Gasteiger partial charge in [-0.2, -0.15) is 0 Å². The van der Waals surface area contributed by atoms with Gasteiger partial charge in [-0.05, 0) is 13.8 Å². The average molecular weight is 283 g/mol. The molecule has 19 heavy (non-hydrogen) atoms. The van der Waals surface area contributed by atoms with Gasteiger partial charge in [0.05, 0.1) is 18.8 Å². The Bertz CT molecular complexity index is 431. The van der Waals surface area contributed by atoms with Crippen molar-refractivity contribution in [2.75, 3.05) is 32.7 Å². The van der Waals surface area contributed by atoms with Crippen LogP contribution in [0.15, 0.2) is 5.16 Å². The number of amidine groups is 1. The molecule has 0 atom stereocenters. The molecule has 3 N–H and O–H groups in total. The Morgan fingerprint density at radius 1 is 1.32 bits per heavy atom. The molecule has 0 unspecified atom stereocenters. The van der Waals surface area contributed by atoms with Crippen LogP contribution in [0.2, 0.25) is 0 Å². The molecule has 1 saturated heterocycles. The molecule has 1 fully saturated rings. The lowest BCUT2D eigenvalue weighted by Gasteiger charge is -2.33. The molecular weight excluding hydrogens is 262 g/mol. The third-order valence-electron chi connectivity index (χ3n) is 3.41. The van der Waals surface area contributed by atoms with E-state index in [1.165, 1.54) is 9.88 Å². The van der Waals surface area contributed by atoms with E-state index in [2.05, 4.69) is 33.8 Å². The molecule has 0 radical (unpaired) electrons. The van der Waals surface area contributed by atoms with Crippen LogP contribution >= 0.6 is 11.3 Å². The second-order valence-electron chi connectivity index (χ2n) is 4.89. The SMILES string of the molecule is Cc1nc(CN2CCN(CC(N)=NO)CC2)sc1C. The van der Waals surface area contributed by atoms with Gasteiger partial charge in [0.1, 0.15) is 5.01 Å². The number of rotatable bonds is 4. The van der Waals surface area contributed by atoms with E-state index in [0.717, 1.165) is 38.4 Å². The van der Waals surface area contributed by atoms with Crippen molar-refractivity contribution in [1.82, 2.24) is 14.8 Å². The Hall–Kier alpha value is -1.18. The molecule has 0 aliphatic carbocycles. The Kier molecular flexibility index (Phi) is 4.73. The van der Waals surface area contributed by atoms with Gasteiger partial charge in [-0.15, -0.1) is 11.3 Å². The molecule has 2 rings (SSSR count). The fraction of sp³-hybridized carbons (Fsp3) is 0.667. The standard InChI is InChI=1S/C12H21N5OS/c1-9-10(2)19-12(14-9)8-17-5-3-16(4-6-17)7-11(13)15-18/h18H,3-8H2,1-2H3,(H2,13,15). The second-order valence-corrected chi connectivity index (χ2v) is 6.18. The molecule has 2 heterocycles. The third-order valence-corrected chi connectivity index (χ3v) is 4.47. The predicted molar refractivity (Wildman–Crippen MR) is 76.7 cm³/mol. The number of hydrogen-bond donors (Lipinski definition) is 2. The van der Waals surface area contributed by atoms with Gasteiger partial charge in [0.2, 0.25) is 0 Å². The van der Waals surface area contributed by atoms with Crippen molar-refractivity contribution in [3.05, 3.63) is 15.6 Å². The highest BCUT2D eigenvalue weighted by Gasteiger charge is 2.18. The summed E-state index contributed by atoms with van der Waals surface area (Å²) in [7, 11) is 0. The van der Waals surface area contributed by atoms with Crippen LogP contribution in [0, 0.1) is 13.8 Å². The minimum atomic E-state index is 0.277. The smallest absolute Gasteiger partial charge is 0.153 e. The van der Waals surface area contributed by atoms with Crippen LogP contribution in [-0.4, -0.2) is 58.6 Å². The lowest BCUT2D eigenvalue weighted by atomic mass is 10.3. The van der Waals surface area contributed by atoms with E-state index in [1.807, 2.05) is 0 Å². The minimum Gasteiger partial charge on any atom is -0.409 e. The molecule has 6 nitrogen and oxygen atoms in total. The van der Waals surface area contributed by atoms with Crippen LogP contribution in [0.5, 0.6) is 0 Å². The summed E-state index contributed by atoms with van der Waals surface area (Å²) in [5.74, 6) is 0.277. The van der Waals surface area contributed by atoms with Crippen LogP contribution in [0.4, 0.5) is 0 Å². The molecule has 7 heteroatoms. The molecule has 0 spiro atoms. The van der Waals surface area contributed by atoms with Gasteiger partial charge in [-0.1, -0.05) is 5.16 Å². The third kappa shape index (κ3) is 3.89. The van der Waals surface area contributed by atoms with Crippen molar-refractivity contribution in [3.63, 3.8) is 0 Å². The van der Waals surface area contributed by atoms with E-state index < -0.39 is 0 Å². The van der Waals surface area contributed by atoms with Crippen LogP contribution in [0.1, 0.15) is 15.6 Å². The van der Waals surface area contributed by atoms with Gasteiger partial charge >= 0.3 is 0 Å². The summed E-state index contributed by atoms with van der Waals surface area (Å²) in [4.78, 5) is 10.5. The summed E-state index contributed by atoms with van der Waals surface area (Å²) in [6.07, 6.45) is 0. The summed E-state index contributed by atoms with van der Waals surface area (Å²) < 4.78 is 0. The molecule has 1 aromatic rings. The Morgan fingerprint density at radius 2 is 1.95 bits per heavy atom. The number of nitrogens with zero attached hydrogens (tertiary/aromatic N) is 4. The fourth-order valence-corrected chi connectivity index (χ4v) is 3.14. The molecule has 106 valence electrons. The van der Waals surface area contributed by atoms with Crippen LogP contribution < -0.4 is 5.73 Å². The first-order valence-corrected chi connectivity index (χ1v) is 7.24. The van der Waals surface area contributed by atoms with E-state index in [9.17, 15) is 0 Å². The molecule has 1 aliphatic heterocycles. The summed E-state index contributed by atoms with van der Waals surface area (Å²) in [6, 6.07) is 0. The van der Waals surface area contributed by atoms with E-state index in [4.69, 9.17) is 10.9 Å². The number of thiazole rings is 1. The first-order chi connectivity index (χ1) is 9.08. The average Bonchev–Trinajstić information content (AvgIpc) is 2.70. The number of aryl methyl sites for hydroxylation is 2. The van der Waals surface area contributed by atoms with Gasteiger partial charge in [-0.25, -0.2) is 4.98 Å². The zero-order valence-electron chi connectivity index (χ0n) is 11.5. The van der Waals surface area contributed by atoms with Crippen molar-refractivity contribution in [2.24, 2.45) is 10.9 Å². The predicted octanol–water partition coefficient (Wildman–Crippen LogP) is 0.624. The van der Waals surface area contributed by atoms with E-state index in [1.54, 1.807) is 11.3 Å². The zero-order valence-corrected chi connectivity index (χ0v) is 12.3. The van der Waals surface area contributed by atoms with E-state index >= 15 is 0 Å². The summed E-state index contributed by atoms with van der Waals surface area (Å²) in [6.45, 7) is 9.53. The number of oxime groups is 1. The molecule has 0 amide bonds. The summed E-state index contributed by atoms with van der Waals surface area (Å²) in [5.41, 5.74) is 6.66. The highest BCUT2D eigenvalue weighted by Crippen LogP contribution is 2.18. The van der Waals surface area contributed by atoms with Crippen LogP contribution in [0.25, 0.3) is 0 Å². The van der Waals surface area contributed by atoms with Crippen molar-refractivity contribution in [2.45, 2.75) is 20.4 Å². The van der Waals surface area contributed by atoms with E-state index in [0.29, 0.717) is 6.54 Å². The first kappa shape index (κ1) is 14.2. The van der Waals surface area contributed by atoms with Gasteiger partial charge in [0.25, 0.3) is 0 Å². The maximum absolute atomic E-state index is 8.56. The van der Waals surface area contributed by atoms with Gasteiger partial charge in [0.15, 0.2) is 5.84 Å². The maximum Gasteiger partial charge on any atom is 0.153 e. The van der Waals surface area contributed by atoms with Crippen molar-refractivity contribution < 1.29 is 5.21 Å². The normalized spacial score (nSPS) is 18.9. The molecule has 0 saturated carbocycles. The largest absolute Gasteiger partial charge is 0.409 e. The minimum absolute atomic E-state index is 0.277. The molecule has 1 aliphatic rings. The van der Waals surface area contributed by atoms with Gasteiger partial charge in [-0.3, -0.25) is 9.80 Å². The topological polar surface area (TPSA) is 78.0 Å². The lowest BCUT2D eigenvalue weighted by Crippen LogP contribution is -2.48. The highest BCUT2D eigenvalue weighted by molar-refractivity contribution is 7.11. The summed E-state index contributed by atoms with van der Waals surface area (Å²) in [5, 5.41) is 12.8. The highest BCUT2D eigenvalue weighted by atomic mass is 32.1. The number of aromatic nitrogens is 1. The first-order valence-electron chi connectivity index (χ1n) is 6.42. The molecule has 0 bridgehead atoms. The Balaban J connectivity index is 1.80. The van der Waals surface area contributed by atoms with Crippen LogP contribution in [-0.2, 0) is 6.54 Å². The van der Waals surface area contributed by atoms with E-state index in [-0.39, 0.29) is 5.84 Å². The van der Waals surface area contributed by atoms with Gasteiger partial charge in [0, 0.05) is 31.1 Å². The monoisotopic (exact) mass is 283 g/mol. The van der Waals surface area contributed by atoms with Crippen molar-refractivity contribution in [1.29, 1.82) is 0 Å². The molecular formula is C12H21N5OS. The molecule has 0 aromatic carbocycles. The number of nitrogens with two attached hydrogens (primary N) is 1. The second kappa shape index (κ2) is 6.31. The quantitative estimate of drug-likeness (QED) is 0.367. The summed E-state index contributed by atoms with van der Waals surface area (Å²) >= 11 is 1.78. The van der Waals surface area contributed by atoms with Crippen molar-refractivity contribution in [3.8, 4) is 0 Å². The number of piperazine rings is 1. The van der Waals surface area contributed by atoms with Crippen molar-refractivity contribution >= 4 is 17.2 Å². The lowest BCUT2D eigenvalue weighted by molar-refractivity contribution is 0.139. The maximum atomic E-state index is 8.56. The Labute approximate surface area is 117 Å². The Morgan fingerprint density at radius 3 is 2.47 bits per heavy atom. The zero-order chi connectivity index (χ0) is 13.8. The number of hydrogen-bond acceptors (Lipinski definition) is 6. The molecule has 1 aromatic heterocycles. The van der Waals surface area contributed by atoms with Gasteiger partial charge < -0.3 is 10.9 Å². The fourth-order valence-electron chi connectivity index (χ4n) is 2.16. The van der Waals surface area contributed by atoms with Crippen LogP contribution in [0.3, 0.4) is 0 Å².